The lowest BCUT2D eigenvalue weighted by molar-refractivity contribution is -0.114. The molecule has 0 fully saturated rings. The van der Waals surface area contributed by atoms with Crippen molar-refractivity contribution in [1.82, 2.24) is 5.32 Å². The predicted octanol–water partition coefficient (Wildman–Crippen LogP) is 1.79. The minimum atomic E-state index is 0.182. The van der Waals surface area contributed by atoms with Gasteiger partial charge in [-0.1, -0.05) is 30.4 Å². The van der Waals surface area contributed by atoms with Crippen LogP contribution in [0, 0.1) is 0 Å². The van der Waals surface area contributed by atoms with Crippen molar-refractivity contribution in [2.45, 2.75) is 12.5 Å². The SMILES string of the molecule is O=C1C=CC2=C(C=C3C=CC=CC3N2)C1. The van der Waals surface area contributed by atoms with Gasteiger partial charge in [0.15, 0.2) is 5.78 Å². The van der Waals surface area contributed by atoms with Gasteiger partial charge < -0.3 is 5.32 Å². The first kappa shape index (κ1) is 8.48. The maximum absolute atomic E-state index is 11.3. The minimum Gasteiger partial charge on any atom is -0.374 e. The van der Waals surface area contributed by atoms with Crippen LogP contribution in [-0.2, 0) is 4.79 Å². The molecule has 0 saturated heterocycles. The van der Waals surface area contributed by atoms with Gasteiger partial charge in [0.25, 0.3) is 0 Å². The van der Waals surface area contributed by atoms with Crippen LogP contribution < -0.4 is 5.32 Å². The molecule has 1 heterocycles. The summed E-state index contributed by atoms with van der Waals surface area (Å²) < 4.78 is 0. The van der Waals surface area contributed by atoms with Gasteiger partial charge in [0.05, 0.1) is 6.04 Å². The van der Waals surface area contributed by atoms with E-state index in [0.29, 0.717) is 6.42 Å². The molecule has 1 unspecified atom stereocenters. The fourth-order valence-corrected chi connectivity index (χ4v) is 2.09. The van der Waals surface area contributed by atoms with Crippen molar-refractivity contribution in [3.05, 3.63) is 59.4 Å². The molecule has 74 valence electrons. The van der Waals surface area contributed by atoms with Gasteiger partial charge in [-0.05, 0) is 23.3 Å². The van der Waals surface area contributed by atoms with Gasteiger partial charge >= 0.3 is 0 Å². The van der Waals surface area contributed by atoms with Gasteiger partial charge in [-0.15, -0.1) is 0 Å². The van der Waals surface area contributed by atoms with Crippen LogP contribution in [0.4, 0.5) is 0 Å². The number of carbonyl (C=O) groups excluding carboxylic acids is 1. The Bertz CT molecular complexity index is 475. The molecule has 0 bridgehead atoms. The number of hydrogen-bond acceptors (Lipinski definition) is 2. The third kappa shape index (κ3) is 1.38. The summed E-state index contributed by atoms with van der Waals surface area (Å²) in [6.07, 6.45) is 14.4. The largest absolute Gasteiger partial charge is 0.374 e. The predicted molar refractivity (Wildman–Crippen MR) is 59.1 cm³/mol. The average Bonchev–Trinajstić information content (AvgIpc) is 2.26. The second-order valence-electron chi connectivity index (χ2n) is 3.93. The van der Waals surface area contributed by atoms with Crippen molar-refractivity contribution in [3.63, 3.8) is 0 Å². The maximum Gasteiger partial charge on any atom is 0.160 e. The molecule has 3 rings (SSSR count). The number of ketones is 1. The highest BCUT2D eigenvalue weighted by Crippen LogP contribution is 2.26. The van der Waals surface area contributed by atoms with Crippen molar-refractivity contribution in [1.29, 1.82) is 0 Å². The Hall–Kier alpha value is -1.83. The molecule has 0 amide bonds. The Balaban J connectivity index is 2.02. The Morgan fingerprint density at radius 2 is 2.13 bits per heavy atom. The zero-order chi connectivity index (χ0) is 10.3. The number of dihydropyridines is 1. The first-order valence-corrected chi connectivity index (χ1v) is 5.10. The van der Waals surface area contributed by atoms with Crippen molar-refractivity contribution in [2.75, 3.05) is 0 Å². The van der Waals surface area contributed by atoms with Crippen LogP contribution >= 0.6 is 0 Å². The summed E-state index contributed by atoms with van der Waals surface area (Å²) in [7, 11) is 0. The van der Waals surface area contributed by atoms with Crippen molar-refractivity contribution < 1.29 is 4.79 Å². The molecule has 2 heteroatoms. The van der Waals surface area contributed by atoms with Crippen molar-refractivity contribution >= 4 is 5.78 Å². The van der Waals surface area contributed by atoms with Crippen LogP contribution in [0.2, 0.25) is 0 Å². The number of nitrogens with one attached hydrogen (secondary N) is 1. The van der Waals surface area contributed by atoms with Gasteiger partial charge in [0.1, 0.15) is 0 Å². The molecule has 0 aromatic heterocycles. The molecule has 0 aromatic rings. The number of hydrogen-bond donors (Lipinski definition) is 1. The van der Waals surface area contributed by atoms with Crippen molar-refractivity contribution in [2.24, 2.45) is 0 Å². The van der Waals surface area contributed by atoms with Crippen LogP contribution in [-0.4, -0.2) is 11.8 Å². The van der Waals surface area contributed by atoms with Gasteiger partial charge in [-0.3, -0.25) is 4.79 Å². The number of carbonyl (C=O) groups is 1. The fourth-order valence-electron chi connectivity index (χ4n) is 2.09. The molecule has 2 aliphatic carbocycles. The van der Waals surface area contributed by atoms with Crippen molar-refractivity contribution in [3.8, 4) is 0 Å². The maximum atomic E-state index is 11.3. The Kier molecular flexibility index (Phi) is 1.75. The first-order valence-electron chi connectivity index (χ1n) is 5.10. The molecular formula is C13H11NO. The molecular weight excluding hydrogens is 186 g/mol. The lowest BCUT2D eigenvalue weighted by Gasteiger charge is -2.28. The third-order valence-corrected chi connectivity index (χ3v) is 2.86. The summed E-state index contributed by atoms with van der Waals surface area (Å²) in [6.45, 7) is 0. The summed E-state index contributed by atoms with van der Waals surface area (Å²) in [5.74, 6) is 0.182. The molecule has 0 aromatic carbocycles. The lowest BCUT2D eigenvalue weighted by atomic mass is 9.90. The van der Waals surface area contributed by atoms with E-state index >= 15 is 0 Å². The molecule has 1 atom stereocenters. The van der Waals surface area contributed by atoms with Crippen LogP contribution in [0.25, 0.3) is 0 Å². The molecule has 1 aliphatic heterocycles. The van der Waals surface area contributed by atoms with Crippen LogP contribution in [0.5, 0.6) is 0 Å². The van der Waals surface area contributed by atoms with E-state index in [2.05, 4.69) is 23.5 Å². The van der Waals surface area contributed by atoms with Gasteiger partial charge in [-0.2, -0.15) is 0 Å². The van der Waals surface area contributed by atoms with E-state index in [1.54, 1.807) is 6.08 Å². The molecule has 0 spiro atoms. The fraction of sp³-hybridized carbons (Fsp3) is 0.154. The Morgan fingerprint density at radius 3 is 3.07 bits per heavy atom. The quantitative estimate of drug-likeness (QED) is 0.641. The van der Waals surface area contributed by atoms with E-state index in [9.17, 15) is 4.79 Å². The average molecular weight is 197 g/mol. The lowest BCUT2D eigenvalue weighted by Crippen LogP contribution is -2.33. The Labute approximate surface area is 88.4 Å². The summed E-state index contributed by atoms with van der Waals surface area (Å²) in [5, 5.41) is 3.41. The summed E-state index contributed by atoms with van der Waals surface area (Å²) in [6, 6.07) is 0.270. The number of allylic oxidation sites excluding steroid dienone is 6. The van der Waals surface area contributed by atoms with Crippen LogP contribution in [0.15, 0.2) is 59.4 Å². The molecule has 1 N–H and O–H groups in total. The number of rotatable bonds is 0. The highest BCUT2D eigenvalue weighted by Gasteiger charge is 2.21. The second-order valence-corrected chi connectivity index (χ2v) is 3.93. The zero-order valence-corrected chi connectivity index (χ0v) is 8.23. The minimum absolute atomic E-state index is 0.182. The highest BCUT2D eigenvalue weighted by molar-refractivity contribution is 5.94. The van der Waals surface area contributed by atoms with Gasteiger partial charge in [-0.25, -0.2) is 0 Å². The van der Waals surface area contributed by atoms with Gasteiger partial charge in [0.2, 0.25) is 0 Å². The smallest absolute Gasteiger partial charge is 0.160 e. The van der Waals surface area contributed by atoms with E-state index in [4.69, 9.17) is 0 Å². The zero-order valence-electron chi connectivity index (χ0n) is 8.23. The number of fused-ring (bicyclic) bond motifs is 1. The van der Waals surface area contributed by atoms with Crippen LogP contribution in [0.3, 0.4) is 0 Å². The summed E-state index contributed by atoms with van der Waals surface area (Å²) in [5.41, 5.74) is 3.43. The van der Waals surface area contributed by atoms with E-state index in [1.807, 2.05) is 18.2 Å². The van der Waals surface area contributed by atoms with E-state index in [1.165, 1.54) is 5.57 Å². The van der Waals surface area contributed by atoms with Crippen LogP contribution in [0.1, 0.15) is 6.42 Å². The monoisotopic (exact) mass is 197 g/mol. The van der Waals surface area contributed by atoms with E-state index in [-0.39, 0.29) is 11.8 Å². The molecule has 3 aliphatic rings. The summed E-state index contributed by atoms with van der Waals surface area (Å²) >= 11 is 0. The molecule has 2 nitrogen and oxygen atoms in total. The molecule has 0 saturated carbocycles. The van der Waals surface area contributed by atoms with Gasteiger partial charge in [0, 0.05) is 12.1 Å². The second kappa shape index (κ2) is 3.09. The highest BCUT2D eigenvalue weighted by atomic mass is 16.1. The molecule has 0 radical (unpaired) electrons. The summed E-state index contributed by atoms with van der Waals surface area (Å²) in [4.78, 5) is 11.3. The Morgan fingerprint density at radius 1 is 1.20 bits per heavy atom. The standard InChI is InChI=1S/C13H11NO/c15-11-5-6-13-10(8-11)7-9-3-1-2-4-12(9)14-13/h1-7,12,14H,8H2. The topological polar surface area (TPSA) is 29.1 Å². The third-order valence-electron chi connectivity index (χ3n) is 2.86. The normalized spacial score (nSPS) is 27.1. The first-order chi connectivity index (χ1) is 7.33. The van der Waals surface area contributed by atoms with E-state index < -0.39 is 0 Å². The van der Waals surface area contributed by atoms with E-state index in [0.717, 1.165) is 11.3 Å². The molecule has 15 heavy (non-hydrogen) atoms.